The largest absolute Gasteiger partial charge is 0.497 e. The van der Waals surface area contributed by atoms with E-state index in [2.05, 4.69) is 4.98 Å². The molecule has 8 nitrogen and oxygen atoms in total. The molecule has 2 aromatic carbocycles. The summed E-state index contributed by atoms with van der Waals surface area (Å²) in [6.07, 6.45) is 1.72. The maximum atomic E-state index is 13.3. The summed E-state index contributed by atoms with van der Waals surface area (Å²) in [5, 5.41) is 11.6. The first kappa shape index (κ1) is 19.3. The first-order valence-electron chi connectivity index (χ1n) is 9.17. The lowest BCUT2D eigenvalue weighted by atomic mass is 10.1. The van der Waals surface area contributed by atoms with Gasteiger partial charge in [-0.2, -0.15) is 0 Å². The Morgan fingerprint density at radius 2 is 2.24 bits per heavy atom. The SMILES string of the molecule is COc1ccc2sc(N(CC3CCCO3)C(=O)c3cccc([N+](=O)[O-])c3)nc2c1. The lowest BCUT2D eigenvalue weighted by molar-refractivity contribution is -0.384. The van der Waals surface area contributed by atoms with Gasteiger partial charge in [0.05, 0.1) is 34.9 Å². The Bertz CT molecular complexity index is 1060. The molecule has 0 N–H and O–H groups in total. The summed E-state index contributed by atoms with van der Waals surface area (Å²) in [4.78, 5) is 30.1. The number of rotatable bonds is 6. The van der Waals surface area contributed by atoms with Crippen molar-refractivity contribution in [2.45, 2.75) is 18.9 Å². The highest BCUT2D eigenvalue weighted by Gasteiger charge is 2.27. The molecule has 1 unspecified atom stereocenters. The minimum Gasteiger partial charge on any atom is -0.497 e. The van der Waals surface area contributed by atoms with Gasteiger partial charge >= 0.3 is 0 Å². The lowest BCUT2D eigenvalue weighted by Crippen LogP contribution is -2.37. The minimum absolute atomic E-state index is 0.0841. The van der Waals surface area contributed by atoms with Gasteiger partial charge in [0, 0.05) is 30.4 Å². The number of thiazole rings is 1. The molecule has 1 aromatic heterocycles. The molecule has 150 valence electrons. The van der Waals surface area contributed by atoms with Crippen LogP contribution in [0.15, 0.2) is 42.5 Å². The number of hydrogen-bond acceptors (Lipinski definition) is 7. The fourth-order valence-electron chi connectivity index (χ4n) is 3.29. The first-order chi connectivity index (χ1) is 14.0. The molecule has 1 fully saturated rings. The van der Waals surface area contributed by atoms with Crippen molar-refractivity contribution in [1.29, 1.82) is 0 Å². The molecule has 0 radical (unpaired) electrons. The van der Waals surface area contributed by atoms with E-state index in [1.807, 2.05) is 18.2 Å². The minimum atomic E-state index is -0.509. The van der Waals surface area contributed by atoms with E-state index in [1.54, 1.807) is 18.1 Å². The second-order valence-electron chi connectivity index (χ2n) is 6.69. The molecule has 0 saturated carbocycles. The number of nitro groups is 1. The summed E-state index contributed by atoms with van der Waals surface area (Å²) in [7, 11) is 1.59. The predicted molar refractivity (Wildman–Crippen MR) is 110 cm³/mol. The molecular weight excluding hydrogens is 394 g/mol. The lowest BCUT2D eigenvalue weighted by Gasteiger charge is -2.23. The Balaban J connectivity index is 1.72. The van der Waals surface area contributed by atoms with E-state index in [-0.39, 0.29) is 23.3 Å². The van der Waals surface area contributed by atoms with Crippen molar-refractivity contribution in [2.75, 3.05) is 25.2 Å². The van der Waals surface area contributed by atoms with Crippen molar-refractivity contribution in [3.8, 4) is 5.75 Å². The number of carbonyl (C=O) groups is 1. The average molecular weight is 413 g/mol. The number of ether oxygens (including phenoxy) is 2. The van der Waals surface area contributed by atoms with Crippen molar-refractivity contribution >= 4 is 38.3 Å². The van der Waals surface area contributed by atoms with Gasteiger partial charge in [0.25, 0.3) is 11.6 Å². The molecule has 1 aliphatic rings. The van der Waals surface area contributed by atoms with Crippen LogP contribution in [-0.4, -0.2) is 42.2 Å². The van der Waals surface area contributed by atoms with Crippen molar-refractivity contribution in [2.24, 2.45) is 0 Å². The van der Waals surface area contributed by atoms with Crippen molar-refractivity contribution in [3.63, 3.8) is 0 Å². The number of methoxy groups -OCH3 is 1. The van der Waals surface area contributed by atoms with Crippen LogP contribution in [0.5, 0.6) is 5.75 Å². The smallest absolute Gasteiger partial charge is 0.270 e. The Kier molecular flexibility index (Phi) is 5.41. The molecule has 9 heteroatoms. The van der Waals surface area contributed by atoms with Gasteiger partial charge < -0.3 is 9.47 Å². The molecule has 0 spiro atoms. The molecular formula is C20H19N3O5S. The molecule has 1 aliphatic heterocycles. The average Bonchev–Trinajstić information content (AvgIpc) is 3.40. The highest BCUT2D eigenvalue weighted by atomic mass is 32.1. The molecule has 1 saturated heterocycles. The molecule has 3 aromatic rings. The fourth-order valence-corrected chi connectivity index (χ4v) is 4.24. The second-order valence-corrected chi connectivity index (χ2v) is 7.70. The molecule has 0 aliphatic carbocycles. The Labute approximate surface area is 170 Å². The van der Waals surface area contributed by atoms with Crippen LogP contribution >= 0.6 is 11.3 Å². The first-order valence-corrected chi connectivity index (χ1v) is 9.99. The molecule has 0 bridgehead atoms. The van der Waals surface area contributed by atoms with Gasteiger partial charge in [0.1, 0.15) is 5.75 Å². The van der Waals surface area contributed by atoms with Crippen molar-refractivity contribution < 1.29 is 19.2 Å². The summed E-state index contributed by atoms with van der Waals surface area (Å²) in [5.41, 5.74) is 0.851. The van der Waals surface area contributed by atoms with E-state index in [0.29, 0.717) is 24.0 Å². The molecule has 2 heterocycles. The molecule has 1 atom stereocenters. The molecule has 1 amide bonds. The third-order valence-electron chi connectivity index (χ3n) is 4.77. The van der Waals surface area contributed by atoms with E-state index < -0.39 is 4.92 Å². The maximum absolute atomic E-state index is 13.3. The third kappa shape index (κ3) is 4.06. The van der Waals surface area contributed by atoms with Gasteiger partial charge in [-0.1, -0.05) is 17.4 Å². The van der Waals surface area contributed by atoms with Crippen molar-refractivity contribution in [1.82, 2.24) is 4.98 Å². The predicted octanol–water partition coefficient (Wildman–Crippen LogP) is 4.04. The van der Waals surface area contributed by atoms with Crippen LogP contribution in [0.25, 0.3) is 10.2 Å². The number of nitro benzene ring substituents is 1. The summed E-state index contributed by atoms with van der Waals surface area (Å²) >= 11 is 1.39. The number of benzene rings is 2. The number of carbonyl (C=O) groups excluding carboxylic acids is 1. The Hall–Kier alpha value is -3.04. The number of fused-ring (bicyclic) bond motifs is 1. The fraction of sp³-hybridized carbons (Fsp3) is 0.300. The van der Waals surface area contributed by atoms with Gasteiger partial charge in [-0.05, 0) is 31.0 Å². The number of hydrogen-bond donors (Lipinski definition) is 0. The van der Waals surface area contributed by atoms with Crippen LogP contribution in [0.1, 0.15) is 23.2 Å². The van der Waals surface area contributed by atoms with Gasteiger partial charge in [-0.3, -0.25) is 19.8 Å². The Morgan fingerprint density at radius 3 is 2.97 bits per heavy atom. The maximum Gasteiger partial charge on any atom is 0.270 e. The number of amides is 1. The van der Waals surface area contributed by atoms with E-state index in [1.165, 1.54) is 29.5 Å². The number of aromatic nitrogens is 1. The van der Waals surface area contributed by atoms with Gasteiger partial charge in [0.15, 0.2) is 5.13 Å². The van der Waals surface area contributed by atoms with Gasteiger partial charge in [-0.25, -0.2) is 4.98 Å². The van der Waals surface area contributed by atoms with Crippen LogP contribution in [-0.2, 0) is 4.74 Å². The molecule has 29 heavy (non-hydrogen) atoms. The van der Waals surface area contributed by atoms with Crippen LogP contribution < -0.4 is 9.64 Å². The van der Waals surface area contributed by atoms with Crippen LogP contribution in [0.3, 0.4) is 0 Å². The summed E-state index contributed by atoms with van der Waals surface area (Å²) < 4.78 is 11.9. The quantitative estimate of drug-likeness (QED) is 0.447. The topological polar surface area (TPSA) is 94.8 Å². The summed E-state index contributed by atoms with van der Waals surface area (Å²) in [5.74, 6) is 0.347. The van der Waals surface area contributed by atoms with Gasteiger partial charge in [-0.15, -0.1) is 0 Å². The van der Waals surface area contributed by atoms with E-state index >= 15 is 0 Å². The summed E-state index contributed by atoms with van der Waals surface area (Å²) in [6, 6.07) is 11.3. The molecule has 4 rings (SSSR count). The summed E-state index contributed by atoms with van der Waals surface area (Å²) in [6.45, 7) is 1.01. The highest BCUT2D eigenvalue weighted by Crippen LogP contribution is 2.33. The normalized spacial score (nSPS) is 16.1. The van der Waals surface area contributed by atoms with E-state index in [0.717, 1.165) is 23.1 Å². The highest BCUT2D eigenvalue weighted by molar-refractivity contribution is 7.22. The van der Waals surface area contributed by atoms with E-state index in [9.17, 15) is 14.9 Å². The second kappa shape index (κ2) is 8.14. The van der Waals surface area contributed by atoms with Crippen LogP contribution in [0, 0.1) is 10.1 Å². The van der Waals surface area contributed by atoms with Gasteiger partial charge in [0.2, 0.25) is 0 Å². The van der Waals surface area contributed by atoms with E-state index in [4.69, 9.17) is 9.47 Å². The van der Waals surface area contributed by atoms with Crippen molar-refractivity contribution in [3.05, 3.63) is 58.1 Å². The zero-order valence-electron chi connectivity index (χ0n) is 15.7. The standard InChI is InChI=1S/C20H19N3O5S/c1-27-15-7-8-18-17(11-15)21-20(29-18)22(12-16-6-3-9-28-16)19(24)13-4-2-5-14(10-13)23(25)26/h2,4-5,7-8,10-11,16H,3,6,9,12H2,1H3. The Morgan fingerprint density at radius 1 is 1.38 bits per heavy atom. The number of anilines is 1. The zero-order chi connectivity index (χ0) is 20.4. The van der Waals surface area contributed by atoms with Crippen LogP contribution in [0.2, 0.25) is 0 Å². The zero-order valence-corrected chi connectivity index (χ0v) is 16.6. The van der Waals surface area contributed by atoms with Crippen LogP contribution in [0.4, 0.5) is 10.8 Å². The monoisotopic (exact) mass is 413 g/mol. The number of non-ortho nitro benzene ring substituents is 1. The number of nitrogens with zero attached hydrogens (tertiary/aromatic N) is 3. The third-order valence-corrected chi connectivity index (χ3v) is 5.83.